The molecule has 0 bridgehead atoms. The third-order valence-corrected chi connectivity index (χ3v) is 14.8. The fourth-order valence-electron chi connectivity index (χ4n) is 7.92. The molecule has 0 N–H and O–H groups in total. The van der Waals surface area contributed by atoms with Crippen LogP contribution in [0.2, 0.25) is 0 Å². The van der Waals surface area contributed by atoms with Gasteiger partial charge in [0.25, 0.3) is 0 Å². The molecule has 0 amide bonds. The highest BCUT2D eigenvalue weighted by Crippen LogP contribution is 2.37. The van der Waals surface area contributed by atoms with Gasteiger partial charge in [-0.25, -0.2) is 4.85 Å². The molecule has 10 rings (SSSR count). The van der Waals surface area contributed by atoms with Crippen LogP contribution in [-0.2, 0) is 0 Å². The zero-order valence-electron chi connectivity index (χ0n) is 25.7. The summed E-state index contributed by atoms with van der Waals surface area (Å²) in [6, 6.07) is 55.7. The highest BCUT2D eigenvalue weighted by Gasteiger charge is 2.47. The second kappa shape index (κ2) is 10.1. The summed E-state index contributed by atoms with van der Waals surface area (Å²) < 4.78 is 15.4. The van der Waals surface area contributed by atoms with Crippen molar-refractivity contribution in [1.29, 1.82) is 0 Å². The molecule has 3 heterocycles. The van der Waals surface area contributed by atoms with E-state index in [9.17, 15) is 0 Å². The number of fused-ring (bicyclic) bond motifs is 8. The lowest BCUT2D eigenvalue weighted by Crippen LogP contribution is -2.76. The SMILES string of the molecule is [C-]#[N+]c1ccc2c(c1)c1ccccc1n2-c1ccc2oc3ccc([Si]4(c5ccccc5)c5ccccc5Oc5ccccc54)cc3c2c1. The maximum Gasteiger partial charge on any atom is 0.188 e. The maximum atomic E-state index is 7.59. The normalized spacial score (nSPS) is 13.3. The monoisotopic (exact) mass is 630 g/mol. The van der Waals surface area contributed by atoms with Crippen molar-refractivity contribution in [3.05, 3.63) is 169 Å². The lowest BCUT2D eigenvalue weighted by atomic mass is 10.1. The number of rotatable bonds is 3. The number of para-hydroxylation sites is 3. The lowest BCUT2D eigenvalue weighted by Gasteiger charge is -2.39. The van der Waals surface area contributed by atoms with Gasteiger partial charge in [-0.3, -0.25) is 0 Å². The topological polar surface area (TPSA) is 31.7 Å². The van der Waals surface area contributed by atoms with E-state index in [1.54, 1.807) is 0 Å². The summed E-state index contributed by atoms with van der Waals surface area (Å²) in [5.74, 6) is 1.83. The van der Waals surface area contributed by atoms with E-state index in [0.717, 1.165) is 60.9 Å². The first-order valence-corrected chi connectivity index (χ1v) is 18.0. The molecular formula is C43H26N2O2Si. The summed E-state index contributed by atoms with van der Waals surface area (Å²) in [6.45, 7) is 7.59. The molecule has 4 nitrogen and oxygen atoms in total. The number of hydrogen-bond acceptors (Lipinski definition) is 2. The predicted molar refractivity (Wildman–Crippen MR) is 198 cm³/mol. The molecule has 0 unspecified atom stereocenters. The molecule has 1 aliphatic rings. The number of aromatic nitrogens is 1. The predicted octanol–water partition coefficient (Wildman–Crippen LogP) is 8.72. The first-order valence-electron chi connectivity index (χ1n) is 16.0. The van der Waals surface area contributed by atoms with Crippen LogP contribution >= 0.6 is 0 Å². The average molecular weight is 631 g/mol. The van der Waals surface area contributed by atoms with Gasteiger partial charge in [-0.1, -0.05) is 103 Å². The van der Waals surface area contributed by atoms with E-state index in [-0.39, 0.29) is 0 Å². The Balaban J connectivity index is 1.26. The highest BCUT2D eigenvalue weighted by molar-refractivity contribution is 7.20. The van der Waals surface area contributed by atoms with E-state index in [2.05, 4.69) is 155 Å². The Morgan fingerprint density at radius 1 is 0.500 bits per heavy atom. The second-order valence-electron chi connectivity index (χ2n) is 12.4. The highest BCUT2D eigenvalue weighted by atomic mass is 28.3. The molecular weight excluding hydrogens is 605 g/mol. The fraction of sp³-hybridized carbons (Fsp3) is 0. The van der Waals surface area contributed by atoms with E-state index in [4.69, 9.17) is 15.7 Å². The van der Waals surface area contributed by atoms with Gasteiger partial charge < -0.3 is 13.7 Å². The smallest absolute Gasteiger partial charge is 0.188 e. The molecule has 0 fully saturated rings. The molecule has 2 aromatic heterocycles. The van der Waals surface area contributed by atoms with Crippen LogP contribution in [0.5, 0.6) is 11.5 Å². The van der Waals surface area contributed by atoms with Crippen molar-refractivity contribution in [2.24, 2.45) is 0 Å². The Hall–Kier alpha value is -6.35. The van der Waals surface area contributed by atoms with E-state index in [1.807, 2.05) is 12.1 Å². The number of furan rings is 1. The minimum Gasteiger partial charge on any atom is -0.458 e. The van der Waals surface area contributed by atoms with Crippen molar-refractivity contribution in [1.82, 2.24) is 4.57 Å². The van der Waals surface area contributed by atoms with Gasteiger partial charge in [0, 0.05) is 21.8 Å². The van der Waals surface area contributed by atoms with Gasteiger partial charge in [0.05, 0.1) is 17.6 Å². The molecule has 1 aliphatic heterocycles. The zero-order valence-corrected chi connectivity index (χ0v) is 26.7. The Morgan fingerprint density at radius 3 is 1.92 bits per heavy atom. The van der Waals surface area contributed by atoms with E-state index >= 15 is 0 Å². The summed E-state index contributed by atoms with van der Waals surface area (Å²) in [4.78, 5) is 3.70. The van der Waals surface area contributed by atoms with Crippen LogP contribution in [-0.4, -0.2) is 12.6 Å². The summed E-state index contributed by atoms with van der Waals surface area (Å²) in [7, 11) is -2.80. The summed E-state index contributed by atoms with van der Waals surface area (Å²) in [5.41, 5.74) is 5.58. The van der Waals surface area contributed by atoms with Crippen molar-refractivity contribution in [2.45, 2.75) is 0 Å². The molecule has 0 saturated heterocycles. The quantitative estimate of drug-likeness (QED) is 0.144. The molecule has 7 aromatic carbocycles. The number of nitrogens with zero attached hydrogens (tertiary/aromatic N) is 2. The van der Waals surface area contributed by atoms with Gasteiger partial charge in [0.1, 0.15) is 22.7 Å². The first-order chi connectivity index (χ1) is 23.7. The van der Waals surface area contributed by atoms with Gasteiger partial charge in [-0.2, -0.15) is 0 Å². The molecule has 0 saturated carbocycles. The summed E-state index contributed by atoms with van der Waals surface area (Å²) >= 11 is 0. The Bertz CT molecular complexity index is 2740. The van der Waals surface area contributed by atoms with E-state index in [0.29, 0.717) is 5.69 Å². The van der Waals surface area contributed by atoms with Crippen molar-refractivity contribution in [3.8, 4) is 17.2 Å². The fourth-order valence-corrected chi connectivity index (χ4v) is 12.9. The van der Waals surface area contributed by atoms with Crippen LogP contribution in [0.1, 0.15) is 0 Å². The molecule has 0 aliphatic carbocycles. The first kappa shape index (κ1) is 26.8. The van der Waals surface area contributed by atoms with E-state index < -0.39 is 8.07 Å². The van der Waals surface area contributed by atoms with Crippen LogP contribution in [0.3, 0.4) is 0 Å². The largest absolute Gasteiger partial charge is 0.458 e. The van der Waals surface area contributed by atoms with Crippen LogP contribution < -0.4 is 25.5 Å². The molecule has 0 radical (unpaired) electrons. The Morgan fingerprint density at radius 2 is 1.15 bits per heavy atom. The van der Waals surface area contributed by atoms with Crippen molar-refractivity contribution >= 4 is 78.3 Å². The Labute approximate surface area is 277 Å². The maximum absolute atomic E-state index is 7.59. The standard InChI is InChI=1S/C43H26N2O2Si/c1-44-28-19-22-37-33(25-28)32-13-5-6-14-36(32)45(37)29-20-23-38-34(26-29)35-27-31(21-24-39(35)46-38)48(30-11-3-2-4-12-30)42-17-9-7-15-40(42)47-41-16-8-10-18-43(41)48/h2-27H. The Kier molecular flexibility index (Phi) is 5.63. The van der Waals surface area contributed by atoms with Crippen LogP contribution in [0.25, 0.3) is 54.3 Å². The van der Waals surface area contributed by atoms with Crippen molar-refractivity contribution in [2.75, 3.05) is 0 Å². The number of hydrogen-bond donors (Lipinski definition) is 0. The minimum atomic E-state index is -2.80. The van der Waals surface area contributed by atoms with Crippen molar-refractivity contribution in [3.63, 3.8) is 0 Å². The van der Waals surface area contributed by atoms with Crippen LogP contribution in [0, 0.1) is 6.57 Å². The van der Waals surface area contributed by atoms with E-state index in [1.165, 1.54) is 20.7 Å². The molecule has 224 valence electrons. The summed E-state index contributed by atoms with van der Waals surface area (Å²) in [5, 5.41) is 9.43. The molecule has 5 heteroatoms. The number of benzene rings is 7. The van der Waals surface area contributed by atoms with Gasteiger partial charge in [0.2, 0.25) is 0 Å². The summed E-state index contributed by atoms with van der Waals surface area (Å²) in [6.07, 6.45) is 0. The second-order valence-corrected chi connectivity index (χ2v) is 16.1. The third kappa shape index (κ3) is 3.63. The van der Waals surface area contributed by atoms with Crippen LogP contribution in [0.4, 0.5) is 5.69 Å². The van der Waals surface area contributed by atoms with Crippen LogP contribution in [0.15, 0.2) is 162 Å². The van der Waals surface area contributed by atoms with Gasteiger partial charge in [0.15, 0.2) is 13.8 Å². The van der Waals surface area contributed by atoms with Crippen molar-refractivity contribution < 1.29 is 9.15 Å². The van der Waals surface area contributed by atoms with Gasteiger partial charge in [-0.05, 0) is 80.7 Å². The van der Waals surface area contributed by atoms with Gasteiger partial charge >= 0.3 is 0 Å². The zero-order chi connectivity index (χ0) is 31.8. The van der Waals surface area contributed by atoms with Gasteiger partial charge in [-0.15, -0.1) is 0 Å². The minimum absolute atomic E-state index is 0.641. The molecule has 9 aromatic rings. The average Bonchev–Trinajstić information content (AvgIpc) is 3.68. The lowest BCUT2D eigenvalue weighted by molar-refractivity contribution is 0.487. The third-order valence-electron chi connectivity index (χ3n) is 9.94. The number of ether oxygens (including phenoxy) is 1. The molecule has 0 spiro atoms. The molecule has 0 atom stereocenters. The molecule has 48 heavy (non-hydrogen) atoms.